The minimum atomic E-state index is -2.96. The van der Waals surface area contributed by atoms with Crippen LogP contribution in [-0.4, -0.2) is 22.5 Å². The first-order chi connectivity index (χ1) is 7.97. The molecule has 0 amide bonds. The summed E-state index contributed by atoms with van der Waals surface area (Å²) < 4.78 is 29.6. The molecule has 0 saturated heterocycles. The number of aromatic nitrogens is 1. The predicted octanol–water partition coefficient (Wildman–Crippen LogP) is 2.10. The first kappa shape index (κ1) is 12.9. The maximum atomic E-state index is 12.5. The Balaban J connectivity index is 3.25. The summed E-state index contributed by atoms with van der Waals surface area (Å²) in [5.41, 5.74) is -1.22. The lowest BCUT2D eigenvalue weighted by Crippen LogP contribution is -2.10. The molecule has 1 aromatic heterocycles. The highest BCUT2D eigenvalue weighted by atomic mass is 19.3. The van der Waals surface area contributed by atoms with E-state index >= 15 is 0 Å². The van der Waals surface area contributed by atoms with Crippen molar-refractivity contribution >= 4 is 11.8 Å². The zero-order valence-electron chi connectivity index (χ0n) is 8.72. The van der Waals surface area contributed by atoms with Gasteiger partial charge in [-0.3, -0.25) is 0 Å². The molecule has 92 valence electrons. The molecule has 1 rings (SSSR count). The molecule has 6 nitrogen and oxygen atoms in total. The highest BCUT2D eigenvalue weighted by Crippen LogP contribution is 2.25. The van der Waals surface area contributed by atoms with Gasteiger partial charge in [-0.05, 0) is 16.8 Å². The van der Waals surface area contributed by atoms with Crippen LogP contribution in [0.25, 0.3) is 0 Å². The van der Waals surface area contributed by atoms with Gasteiger partial charge in [-0.25, -0.2) is 13.6 Å². The smallest absolute Gasteiger partial charge is 0.364 e. The van der Waals surface area contributed by atoms with E-state index in [-0.39, 0.29) is 6.61 Å². The third-order valence-electron chi connectivity index (χ3n) is 1.84. The molecule has 0 radical (unpaired) electrons. The standard InChI is InChI=1S/C9H8F2N2O4/c1-2-17-9(14)5-3-7(13(15)16)12-4-6(5)8(10)11/h3-4,8H,2H2,1H3. The SMILES string of the molecule is CCOC(=O)c1cc([N+](=O)[O-])ncc1C(F)F. The fourth-order valence-electron chi connectivity index (χ4n) is 1.11. The topological polar surface area (TPSA) is 82.3 Å². The fraction of sp³-hybridized carbons (Fsp3) is 0.333. The Labute approximate surface area is 94.4 Å². The van der Waals surface area contributed by atoms with Gasteiger partial charge in [-0.2, -0.15) is 0 Å². The molecule has 0 N–H and O–H groups in total. The zero-order valence-corrected chi connectivity index (χ0v) is 8.72. The quantitative estimate of drug-likeness (QED) is 0.461. The molecule has 8 heteroatoms. The second kappa shape index (κ2) is 5.28. The molecule has 0 unspecified atom stereocenters. The van der Waals surface area contributed by atoms with Crippen molar-refractivity contribution in [2.75, 3.05) is 6.61 Å². The number of alkyl halides is 2. The maximum Gasteiger partial charge on any atom is 0.364 e. The Morgan fingerprint density at radius 3 is 2.76 bits per heavy atom. The van der Waals surface area contributed by atoms with Gasteiger partial charge in [0.05, 0.1) is 23.8 Å². The third kappa shape index (κ3) is 2.92. The summed E-state index contributed by atoms with van der Waals surface area (Å²) in [6.45, 7) is 1.48. The molecule has 0 bridgehead atoms. The van der Waals surface area contributed by atoms with Gasteiger partial charge in [0.15, 0.2) is 0 Å². The molecule has 0 fully saturated rings. The number of nitrogens with zero attached hydrogens (tertiary/aromatic N) is 2. The van der Waals surface area contributed by atoms with Crippen LogP contribution in [0.3, 0.4) is 0 Å². The lowest BCUT2D eigenvalue weighted by Gasteiger charge is -2.06. The van der Waals surface area contributed by atoms with Crippen LogP contribution in [0.15, 0.2) is 12.3 Å². The molecule has 17 heavy (non-hydrogen) atoms. The highest BCUT2D eigenvalue weighted by Gasteiger charge is 2.24. The Morgan fingerprint density at radius 2 is 2.29 bits per heavy atom. The average molecular weight is 246 g/mol. The monoisotopic (exact) mass is 246 g/mol. The number of rotatable bonds is 4. The largest absolute Gasteiger partial charge is 0.462 e. The summed E-state index contributed by atoms with van der Waals surface area (Å²) in [5, 5.41) is 10.4. The number of ether oxygens (including phenoxy) is 1. The van der Waals surface area contributed by atoms with Crippen molar-refractivity contribution in [2.24, 2.45) is 0 Å². The summed E-state index contributed by atoms with van der Waals surface area (Å²) in [5.74, 6) is -1.72. The molecule has 1 aromatic rings. The molecule has 0 aromatic carbocycles. The maximum absolute atomic E-state index is 12.5. The van der Waals surface area contributed by atoms with E-state index in [0.717, 1.165) is 0 Å². The second-order valence-electron chi connectivity index (χ2n) is 2.91. The molecule has 0 aliphatic rings. The number of halogens is 2. The first-order valence-corrected chi connectivity index (χ1v) is 4.57. The lowest BCUT2D eigenvalue weighted by molar-refractivity contribution is -0.389. The van der Waals surface area contributed by atoms with Crippen molar-refractivity contribution in [1.82, 2.24) is 4.98 Å². The van der Waals surface area contributed by atoms with Crippen LogP contribution in [-0.2, 0) is 4.74 Å². The number of hydrogen-bond donors (Lipinski definition) is 0. The Morgan fingerprint density at radius 1 is 1.65 bits per heavy atom. The normalized spacial score (nSPS) is 10.4. The Bertz CT molecular complexity index is 451. The van der Waals surface area contributed by atoms with Crippen molar-refractivity contribution in [3.05, 3.63) is 33.5 Å². The van der Waals surface area contributed by atoms with Crippen LogP contribution in [0, 0.1) is 10.1 Å². The summed E-state index contributed by atoms with van der Waals surface area (Å²) in [7, 11) is 0. The van der Waals surface area contributed by atoms with Gasteiger partial charge in [0.2, 0.25) is 0 Å². The molecule has 0 saturated carbocycles. The van der Waals surface area contributed by atoms with Crippen molar-refractivity contribution in [1.29, 1.82) is 0 Å². The summed E-state index contributed by atoms with van der Waals surface area (Å²) in [4.78, 5) is 24.1. The lowest BCUT2D eigenvalue weighted by atomic mass is 10.1. The van der Waals surface area contributed by atoms with E-state index in [4.69, 9.17) is 0 Å². The van der Waals surface area contributed by atoms with Crippen molar-refractivity contribution in [2.45, 2.75) is 13.3 Å². The van der Waals surface area contributed by atoms with E-state index in [2.05, 4.69) is 9.72 Å². The molecular weight excluding hydrogens is 238 g/mol. The summed E-state index contributed by atoms with van der Waals surface area (Å²) in [6.07, 6.45) is -2.35. The minimum Gasteiger partial charge on any atom is -0.462 e. The van der Waals surface area contributed by atoms with E-state index in [0.29, 0.717) is 12.3 Å². The number of hydrogen-bond acceptors (Lipinski definition) is 5. The van der Waals surface area contributed by atoms with Crippen molar-refractivity contribution in [3.8, 4) is 0 Å². The Kier molecular flexibility index (Phi) is 4.02. The van der Waals surface area contributed by atoms with E-state index in [1.807, 2.05) is 0 Å². The predicted molar refractivity (Wildman–Crippen MR) is 51.8 cm³/mol. The molecular formula is C9H8F2N2O4. The number of nitro groups is 1. The van der Waals surface area contributed by atoms with E-state index < -0.39 is 34.3 Å². The molecule has 0 aliphatic carbocycles. The van der Waals surface area contributed by atoms with Gasteiger partial charge >= 0.3 is 11.8 Å². The average Bonchev–Trinajstić information content (AvgIpc) is 2.28. The first-order valence-electron chi connectivity index (χ1n) is 4.57. The van der Waals surface area contributed by atoms with Crippen LogP contribution in [0.4, 0.5) is 14.6 Å². The van der Waals surface area contributed by atoms with Gasteiger partial charge in [0, 0.05) is 0 Å². The van der Waals surface area contributed by atoms with Crippen LogP contribution in [0.2, 0.25) is 0 Å². The second-order valence-corrected chi connectivity index (χ2v) is 2.91. The van der Waals surface area contributed by atoms with E-state index in [9.17, 15) is 23.7 Å². The van der Waals surface area contributed by atoms with Gasteiger partial charge in [0.1, 0.15) is 6.20 Å². The van der Waals surface area contributed by atoms with Crippen LogP contribution < -0.4 is 0 Å². The molecule has 1 heterocycles. The van der Waals surface area contributed by atoms with Crippen molar-refractivity contribution < 1.29 is 23.2 Å². The van der Waals surface area contributed by atoms with Crippen LogP contribution >= 0.6 is 0 Å². The highest BCUT2D eigenvalue weighted by molar-refractivity contribution is 5.91. The molecule has 0 atom stereocenters. The van der Waals surface area contributed by atoms with Gasteiger partial charge in [-0.1, -0.05) is 0 Å². The minimum absolute atomic E-state index is 0.0162. The number of pyridine rings is 1. The summed E-state index contributed by atoms with van der Waals surface area (Å²) >= 11 is 0. The van der Waals surface area contributed by atoms with E-state index in [1.54, 1.807) is 0 Å². The Hall–Kier alpha value is -2.12. The third-order valence-corrected chi connectivity index (χ3v) is 1.84. The van der Waals surface area contributed by atoms with Crippen LogP contribution in [0.5, 0.6) is 0 Å². The molecule has 0 aliphatic heterocycles. The van der Waals surface area contributed by atoms with E-state index in [1.165, 1.54) is 6.92 Å². The van der Waals surface area contributed by atoms with Gasteiger partial charge in [0.25, 0.3) is 6.43 Å². The zero-order chi connectivity index (χ0) is 13.0. The number of carbonyl (C=O) groups is 1. The summed E-state index contributed by atoms with van der Waals surface area (Å²) in [6, 6.07) is 0.680. The van der Waals surface area contributed by atoms with Gasteiger partial charge < -0.3 is 14.9 Å². The molecule has 0 spiro atoms. The van der Waals surface area contributed by atoms with Crippen molar-refractivity contribution in [3.63, 3.8) is 0 Å². The van der Waals surface area contributed by atoms with Gasteiger partial charge in [-0.15, -0.1) is 0 Å². The fourth-order valence-corrected chi connectivity index (χ4v) is 1.11. The van der Waals surface area contributed by atoms with Crippen LogP contribution in [0.1, 0.15) is 29.3 Å². The number of carbonyl (C=O) groups excluding carboxylic acids is 1. The number of esters is 1.